The van der Waals surface area contributed by atoms with E-state index < -0.39 is 42.5 Å². The fourth-order valence-corrected chi connectivity index (χ4v) is 3.71. The molecule has 2 aromatic carbocycles. The number of carboxylic acids is 2. The lowest BCUT2D eigenvalue weighted by molar-refractivity contribution is -0.148. The summed E-state index contributed by atoms with van der Waals surface area (Å²) in [5.74, 6) is -5.56. The first kappa shape index (κ1) is 25.2. The maximum atomic E-state index is 13.0. The van der Waals surface area contributed by atoms with Gasteiger partial charge in [-0.25, -0.2) is 9.79 Å². The first-order valence-electron chi connectivity index (χ1n) is 10.8. The largest absolute Gasteiger partial charge is 0.489 e. The van der Waals surface area contributed by atoms with Gasteiger partial charge in [0.25, 0.3) is 0 Å². The molecule has 11 nitrogen and oxygen atoms in total. The van der Waals surface area contributed by atoms with Gasteiger partial charge in [-0.15, -0.1) is 0 Å². The van der Waals surface area contributed by atoms with Crippen molar-refractivity contribution in [3.05, 3.63) is 53.1 Å². The molecule has 0 spiro atoms. The van der Waals surface area contributed by atoms with E-state index in [1.165, 1.54) is 18.2 Å². The molecule has 0 saturated heterocycles. The number of carbonyl (C=O) groups is 4. The minimum absolute atomic E-state index is 0.00545. The van der Waals surface area contributed by atoms with Crippen molar-refractivity contribution in [1.29, 1.82) is 0 Å². The number of carboxylic acid groups (broad SMARTS) is 2. The van der Waals surface area contributed by atoms with Crippen LogP contribution in [0.15, 0.2) is 41.4 Å². The van der Waals surface area contributed by atoms with Gasteiger partial charge in [-0.1, -0.05) is 6.07 Å². The van der Waals surface area contributed by atoms with Crippen LogP contribution in [-0.4, -0.2) is 46.5 Å². The minimum atomic E-state index is -1.41. The summed E-state index contributed by atoms with van der Waals surface area (Å²) in [5.41, 5.74) is 12.4. The average Bonchev–Trinajstić information content (AvgIpc) is 2.80. The summed E-state index contributed by atoms with van der Waals surface area (Å²) in [6.45, 7) is 0.204. The maximum Gasteiger partial charge on any atom is 0.343 e. The topological polar surface area (TPSA) is 192 Å². The highest BCUT2D eigenvalue weighted by Gasteiger charge is 2.28. The number of carbonyl (C=O) groups excluding carboxylic acids is 2. The molecule has 1 atom stereocenters. The van der Waals surface area contributed by atoms with Crippen LogP contribution in [0.2, 0.25) is 0 Å². The van der Waals surface area contributed by atoms with E-state index in [0.29, 0.717) is 36.1 Å². The van der Waals surface area contributed by atoms with E-state index in [-0.39, 0.29) is 29.6 Å². The van der Waals surface area contributed by atoms with Crippen LogP contribution in [0.25, 0.3) is 0 Å². The summed E-state index contributed by atoms with van der Waals surface area (Å²) in [4.78, 5) is 52.3. The highest BCUT2D eigenvalue weighted by Crippen LogP contribution is 2.35. The van der Waals surface area contributed by atoms with E-state index in [2.05, 4.69) is 4.99 Å². The zero-order valence-electron chi connectivity index (χ0n) is 18.7. The van der Waals surface area contributed by atoms with Crippen molar-refractivity contribution in [3.8, 4) is 11.5 Å². The molecule has 0 aliphatic carbocycles. The first-order chi connectivity index (χ1) is 16.7. The van der Waals surface area contributed by atoms with Gasteiger partial charge >= 0.3 is 17.9 Å². The number of hydrogen-bond donors (Lipinski definition) is 4. The lowest BCUT2D eigenvalue weighted by Crippen LogP contribution is -2.22. The Hall–Kier alpha value is -4.41. The number of aliphatic imine (C=N–C) groups is 1. The Morgan fingerprint density at radius 3 is 2.51 bits per heavy atom. The van der Waals surface area contributed by atoms with Gasteiger partial charge in [0.05, 0.1) is 35.8 Å². The van der Waals surface area contributed by atoms with Crippen molar-refractivity contribution >= 4 is 35.3 Å². The number of aliphatic carboxylic acids is 2. The number of nitrogens with two attached hydrogens (primary N) is 2. The fourth-order valence-electron chi connectivity index (χ4n) is 3.71. The van der Waals surface area contributed by atoms with Gasteiger partial charge < -0.3 is 31.2 Å². The van der Waals surface area contributed by atoms with E-state index in [0.717, 1.165) is 0 Å². The number of aryl methyl sites for hydroxylation is 1. The van der Waals surface area contributed by atoms with Gasteiger partial charge in [-0.2, -0.15) is 0 Å². The predicted molar refractivity (Wildman–Crippen MR) is 124 cm³/mol. The van der Waals surface area contributed by atoms with Crippen LogP contribution in [0.1, 0.15) is 52.0 Å². The molecule has 0 radical (unpaired) electrons. The Labute approximate surface area is 200 Å². The first-order valence-corrected chi connectivity index (χ1v) is 10.8. The highest BCUT2D eigenvalue weighted by atomic mass is 16.6. The Morgan fingerprint density at radius 1 is 1.06 bits per heavy atom. The summed E-state index contributed by atoms with van der Waals surface area (Å²) in [5, 5.41) is 18.2. The lowest BCUT2D eigenvalue weighted by Gasteiger charge is -2.16. The van der Waals surface area contributed by atoms with Gasteiger partial charge in [0.15, 0.2) is 23.2 Å². The molecule has 0 bridgehead atoms. The predicted octanol–water partition coefficient (Wildman–Crippen LogP) is 2.27. The van der Waals surface area contributed by atoms with E-state index in [9.17, 15) is 24.3 Å². The van der Waals surface area contributed by atoms with Crippen LogP contribution in [0.3, 0.4) is 0 Å². The molecule has 0 aromatic heterocycles. The second kappa shape index (κ2) is 11.1. The SMILES string of the molecule is NC(N)=Nc1ccc2c(c1)CCCCOc1c(cccc1C(=O)C[C@@H](CC(=O)O)C(=O)O)OC2=O. The average molecular weight is 483 g/mol. The molecule has 6 N–H and O–H groups in total. The van der Waals surface area contributed by atoms with Crippen molar-refractivity contribution in [2.75, 3.05) is 6.61 Å². The van der Waals surface area contributed by atoms with Crippen molar-refractivity contribution in [3.63, 3.8) is 0 Å². The molecule has 11 heteroatoms. The molecule has 1 aliphatic heterocycles. The van der Waals surface area contributed by atoms with Gasteiger partial charge in [0, 0.05) is 6.42 Å². The highest BCUT2D eigenvalue weighted by molar-refractivity contribution is 6.02. The number of ether oxygens (including phenoxy) is 2. The number of guanidine groups is 1. The molecule has 0 saturated carbocycles. The molecule has 0 unspecified atom stereocenters. The van der Waals surface area contributed by atoms with Gasteiger partial charge in [0.1, 0.15) is 0 Å². The summed E-state index contributed by atoms with van der Waals surface area (Å²) >= 11 is 0. The molecule has 3 rings (SSSR count). The van der Waals surface area contributed by atoms with Crippen molar-refractivity contribution < 1.29 is 38.9 Å². The molecule has 1 heterocycles. The van der Waals surface area contributed by atoms with Crippen LogP contribution >= 0.6 is 0 Å². The van der Waals surface area contributed by atoms with E-state index in [1.54, 1.807) is 18.2 Å². The third-order valence-corrected chi connectivity index (χ3v) is 5.34. The van der Waals surface area contributed by atoms with Gasteiger partial charge in [-0.05, 0) is 55.2 Å². The lowest BCUT2D eigenvalue weighted by atomic mass is 9.95. The number of esters is 1. The van der Waals surface area contributed by atoms with Crippen molar-refractivity contribution in [2.45, 2.75) is 32.1 Å². The summed E-state index contributed by atoms with van der Waals surface area (Å²) in [6, 6.07) is 9.18. The maximum absolute atomic E-state index is 13.0. The number of benzene rings is 2. The number of ketones is 1. The molecule has 35 heavy (non-hydrogen) atoms. The Kier molecular flexibility index (Phi) is 8.03. The Bertz CT molecular complexity index is 1190. The Morgan fingerprint density at radius 2 is 1.83 bits per heavy atom. The number of fused-ring (bicyclic) bond motifs is 2. The number of para-hydroxylation sites is 1. The zero-order chi connectivity index (χ0) is 25.5. The molecular formula is C24H25N3O8. The Balaban J connectivity index is 1.95. The zero-order valence-corrected chi connectivity index (χ0v) is 18.7. The monoisotopic (exact) mass is 483 g/mol. The second-order valence-electron chi connectivity index (χ2n) is 7.97. The summed E-state index contributed by atoms with van der Waals surface area (Å²) < 4.78 is 11.4. The van der Waals surface area contributed by atoms with Crippen LogP contribution in [0.5, 0.6) is 11.5 Å². The number of Topliss-reactive ketones (excluding diaryl/α,β-unsaturated/α-hetero) is 1. The molecule has 2 aromatic rings. The van der Waals surface area contributed by atoms with Crippen LogP contribution in [0, 0.1) is 5.92 Å². The van der Waals surface area contributed by atoms with Crippen LogP contribution in [0.4, 0.5) is 5.69 Å². The number of rotatable bonds is 7. The van der Waals surface area contributed by atoms with Crippen molar-refractivity contribution in [2.24, 2.45) is 22.4 Å². The number of nitrogens with zero attached hydrogens (tertiary/aromatic N) is 1. The van der Waals surface area contributed by atoms with Crippen molar-refractivity contribution in [1.82, 2.24) is 0 Å². The van der Waals surface area contributed by atoms with E-state index in [1.807, 2.05) is 0 Å². The van der Waals surface area contributed by atoms with Gasteiger partial charge in [0.2, 0.25) is 0 Å². The van der Waals surface area contributed by atoms with E-state index >= 15 is 0 Å². The second-order valence-corrected chi connectivity index (χ2v) is 7.97. The van der Waals surface area contributed by atoms with E-state index in [4.69, 9.17) is 26.0 Å². The quantitative estimate of drug-likeness (QED) is 0.149. The van der Waals surface area contributed by atoms with Gasteiger partial charge in [-0.3, -0.25) is 14.4 Å². The molecular weight excluding hydrogens is 458 g/mol. The smallest absolute Gasteiger partial charge is 0.343 e. The minimum Gasteiger partial charge on any atom is -0.489 e. The normalized spacial score (nSPS) is 14.1. The molecule has 0 amide bonds. The molecule has 1 aliphatic rings. The summed E-state index contributed by atoms with van der Waals surface area (Å²) in [7, 11) is 0. The van der Waals surface area contributed by atoms with Crippen LogP contribution < -0.4 is 20.9 Å². The van der Waals surface area contributed by atoms with Crippen LogP contribution in [-0.2, 0) is 16.0 Å². The third kappa shape index (κ3) is 6.56. The molecule has 184 valence electrons. The summed E-state index contributed by atoms with van der Waals surface area (Å²) in [6.07, 6.45) is 0.505. The third-order valence-electron chi connectivity index (χ3n) is 5.34. The standard InChI is InChI=1S/C24H25N3O8/c25-24(26)27-15-7-8-16-13(10-15)4-1-2-9-34-21-17(5-3-6-19(21)35-23(16)33)18(28)11-14(22(31)32)12-20(29)30/h3,5-8,10,14H,1-2,4,9,11-12H2,(H,29,30)(H,31,32)(H4,25,26,27)/t14-/m0/s1. The fraction of sp³-hybridized carbons (Fsp3) is 0.292. The number of hydrogen-bond acceptors (Lipinski definition) is 7. The molecule has 0 fully saturated rings.